The topological polar surface area (TPSA) is 53.0 Å². The summed E-state index contributed by atoms with van der Waals surface area (Å²) in [4.78, 5) is 0. The molecule has 3 heteroatoms. The lowest BCUT2D eigenvalue weighted by Crippen LogP contribution is -2.42. The summed E-state index contributed by atoms with van der Waals surface area (Å²) in [5.74, 6) is 0.473. The van der Waals surface area contributed by atoms with Gasteiger partial charge in [-0.15, -0.1) is 0 Å². The number of rotatable bonds is 1. The molecule has 0 aromatic carbocycles. The second-order valence-corrected chi connectivity index (χ2v) is 8.16. The zero-order valence-electron chi connectivity index (χ0n) is 15.4. The van der Waals surface area contributed by atoms with Crippen LogP contribution in [-0.2, 0) is 4.74 Å². The van der Waals surface area contributed by atoms with E-state index in [0.29, 0.717) is 12.3 Å². The zero-order valence-corrected chi connectivity index (χ0v) is 15.4. The van der Waals surface area contributed by atoms with Crippen molar-refractivity contribution in [2.75, 3.05) is 0 Å². The number of hydrogen-bond donors (Lipinski definition) is 2. The lowest BCUT2D eigenvalue weighted by atomic mass is 9.80. The maximum absolute atomic E-state index is 11.0. The second-order valence-electron chi connectivity index (χ2n) is 8.16. The molecule has 0 aromatic rings. The van der Waals surface area contributed by atoms with E-state index in [-0.39, 0.29) is 12.0 Å². The van der Waals surface area contributed by atoms with Gasteiger partial charge in [0.2, 0.25) is 0 Å². The van der Waals surface area contributed by atoms with Crippen LogP contribution < -0.4 is 0 Å². The monoisotopic (exact) mass is 322 g/mol. The van der Waals surface area contributed by atoms with E-state index < -0.39 is 17.3 Å². The van der Waals surface area contributed by atoms with Gasteiger partial charge in [-0.2, -0.15) is 0 Å². The van der Waals surface area contributed by atoms with E-state index in [2.05, 4.69) is 26.0 Å². The molecule has 0 aromatic heterocycles. The third-order valence-electron chi connectivity index (χ3n) is 5.79. The van der Waals surface area contributed by atoms with Crippen LogP contribution in [0.15, 0.2) is 23.8 Å². The Balaban J connectivity index is 2.21. The fraction of sp³-hybridized carbons (Fsp3) is 0.800. The van der Waals surface area contributed by atoms with Crippen molar-refractivity contribution >= 4 is 0 Å². The number of epoxide rings is 1. The molecule has 0 spiro atoms. The van der Waals surface area contributed by atoms with Gasteiger partial charge in [0.1, 0.15) is 5.60 Å². The standard InChI is InChI=1S/C20H34O3/c1-14(2)20(22)12-11-16(4)8-6-7-15(3)9-10-18-19(5,23-18)17(21)13-20/h7,11-12,14,16-18,21-22H,6,8-10,13H2,1-5H3/b12-11+,15-7+. The third kappa shape index (κ3) is 4.46. The highest BCUT2D eigenvalue weighted by Gasteiger charge is 2.58. The molecule has 1 aliphatic carbocycles. The third-order valence-corrected chi connectivity index (χ3v) is 5.79. The quantitative estimate of drug-likeness (QED) is 0.567. The fourth-order valence-corrected chi connectivity index (χ4v) is 3.40. The number of aliphatic hydroxyl groups is 2. The minimum absolute atomic E-state index is 0.0523. The molecule has 0 amide bonds. The molecule has 2 N–H and O–H groups in total. The maximum atomic E-state index is 11.0. The molecule has 23 heavy (non-hydrogen) atoms. The summed E-state index contributed by atoms with van der Waals surface area (Å²) in [5.41, 5.74) is -0.0836. The largest absolute Gasteiger partial charge is 0.390 e. The summed E-state index contributed by atoms with van der Waals surface area (Å²) in [6.07, 6.45) is 10.2. The minimum Gasteiger partial charge on any atom is -0.390 e. The Kier molecular flexibility index (Phi) is 5.76. The first-order valence-corrected chi connectivity index (χ1v) is 9.10. The molecule has 5 unspecified atom stereocenters. The second kappa shape index (κ2) is 7.08. The fourth-order valence-electron chi connectivity index (χ4n) is 3.40. The van der Waals surface area contributed by atoms with Crippen molar-refractivity contribution in [3.63, 3.8) is 0 Å². The highest BCUT2D eigenvalue weighted by Crippen LogP contribution is 2.45. The molecule has 132 valence electrons. The highest BCUT2D eigenvalue weighted by molar-refractivity contribution is 5.13. The van der Waals surface area contributed by atoms with Crippen LogP contribution in [0.25, 0.3) is 0 Å². The number of fused-ring (bicyclic) bond motifs is 1. The van der Waals surface area contributed by atoms with Gasteiger partial charge in [0, 0.05) is 6.42 Å². The van der Waals surface area contributed by atoms with E-state index >= 15 is 0 Å². The first-order chi connectivity index (χ1) is 10.7. The molecule has 0 bridgehead atoms. The van der Waals surface area contributed by atoms with E-state index in [9.17, 15) is 10.2 Å². The van der Waals surface area contributed by atoms with Crippen molar-refractivity contribution in [2.24, 2.45) is 11.8 Å². The Hall–Kier alpha value is -0.640. The average molecular weight is 322 g/mol. The molecular formula is C20H34O3. The van der Waals surface area contributed by atoms with E-state index in [4.69, 9.17) is 4.74 Å². The molecule has 0 saturated carbocycles. The molecule has 1 fully saturated rings. The smallest absolute Gasteiger partial charge is 0.118 e. The number of hydrogen-bond acceptors (Lipinski definition) is 3. The van der Waals surface area contributed by atoms with Gasteiger partial charge in [0.05, 0.1) is 17.8 Å². The van der Waals surface area contributed by atoms with Crippen molar-refractivity contribution in [1.82, 2.24) is 0 Å². The van der Waals surface area contributed by atoms with Crippen LogP contribution in [0.5, 0.6) is 0 Å². The van der Waals surface area contributed by atoms with Gasteiger partial charge in [-0.05, 0) is 51.4 Å². The summed E-state index contributed by atoms with van der Waals surface area (Å²) >= 11 is 0. The van der Waals surface area contributed by atoms with E-state index in [1.807, 2.05) is 26.8 Å². The van der Waals surface area contributed by atoms with Gasteiger partial charge in [0.15, 0.2) is 0 Å². The molecule has 1 heterocycles. The Morgan fingerprint density at radius 3 is 2.65 bits per heavy atom. The SMILES string of the molecule is C/C1=C\CCC(C)/C=C/C(O)(C(C)C)CC(O)C2(C)OC2CC1. The van der Waals surface area contributed by atoms with Crippen LogP contribution in [-0.4, -0.2) is 33.6 Å². The van der Waals surface area contributed by atoms with Crippen molar-refractivity contribution in [1.29, 1.82) is 0 Å². The van der Waals surface area contributed by atoms with Crippen LogP contribution >= 0.6 is 0 Å². The first-order valence-electron chi connectivity index (χ1n) is 9.10. The molecular weight excluding hydrogens is 288 g/mol. The van der Waals surface area contributed by atoms with Crippen molar-refractivity contribution in [2.45, 2.75) is 90.1 Å². The molecule has 5 atom stereocenters. The highest BCUT2D eigenvalue weighted by atomic mass is 16.6. The van der Waals surface area contributed by atoms with Gasteiger partial charge in [-0.1, -0.05) is 44.6 Å². The molecule has 0 radical (unpaired) electrons. The predicted octanol–water partition coefficient (Wildman–Crippen LogP) is 3.99. The Morgan fingerprint density at radius 1 is 1.30 bits per heavy atom. The summed E-state index contributed by atoms with van der Waals surface area (Å²) in [6, 6.07) is 0. The van der Waals surface area contributed by atoms with Crippen LogP contribution in [0, 0.1) is 11.8 Å². The summed E-state index contributed by atoms with van der Waals surface area (Å²) in [6.45, 7) is 10.3. The molecule has 3 nitrogen and oxygen atoms in total. The zero-order chi connectivity index (χ0) is 17.3. The van der Waals surface area contributed by atoms with Gasteiger partial charge in [0.25, 0.3) is 0 Å². The molecule has 1 saturated heterocycles. The lowest BCUT2D eigenvalue weighted by Gasteiger charge is -2.33. The molecule has 2 rings (SSSR count). The Bertz CT molecular complexity index is 468. The number of allylic oxidation sites excluding steroid dienone is 3. The Morgan fingerprint density at radius 2 is 2.00 bits per heavy atom. The van der Waals surface area contributed by atoms with Gasteiger partial charge >= 0.3 is 0 Å². The summed E-state index contributed by atoms with van der Waals surface area (Å²) in [7, 11) is 0. The van der Waals surface area contributed by atoms with Gasteiger partial charge < -0.3 is 14.9 Å². The average Bonchev–Trinajstić information content (AvgIpc) is 3.14. The van der Waals surface area contributed by atoms with E-state index in [1.54, 1.807) is 0 Å². The molecule has 2 aliphatic rings. The summed E-state index contributed by atoms with van der Waals surface area (Å²) in [5, 5.41) is 21.7. The van der Waals surface area contributed by atoms with Crippen molar-refractivity contribution in [3.05, 3.63) is 23.8 Å². The number of aliphatic hydroxyl groups excluding tert-OH is 1. The maximum Gasteiger partial charge on any atom is 0.118 e. The molecule has 1 aliphatic heterocycles. The minimum atomic E-state index is -0.983. The van der Waals surface area contributed by atoms with E-state index in [1.165, 1.54) is 5.57 Å². The Labute approximate surface area is 141 Å². The summed E-state index contributed by atoms with van der Waals surface area (Å²) < 4.78 is 5.82. The van der Waals surface area contributed by atoms with Crippen molar-refractivity contribution in [3.8, 4) is 0 Å². The number of ether oxygens (including phenoxy) is 1. The van der Waals surface area contributed by atoms with Gasteiger partial charge in [-0.25, -0.2) is 0 Å². The van der Waals surface area contributed by atoms with Gasteiger partial charge in [-0.3, -0.25) is 0 Å². The first kappa shape index (κ1) is 18.7. The van der Waals surface area contributed by atoms with Crippen LogP contribution in [0.4, 0.5) is 0 Å². The van der Waals surface area contributed by atoms with Crippen LogP contribution in [0.1, 0.15) is 66.7 Å². The van der Waals surface area contributed by atoms with Crippen molar-refractivity contribution < 1.29 is 14.9 Å². The van der Waals surface area contributed by atoms with E-state index in [0.717, 1.165) is 25.7 Å². The van der Waals surface area contributed by atoms with Crippen LogP contribution in [0.2, 0.25) is 0 Å². The normalized spacial score (nSPS) is 46.4. The van der Waals surface area contributed by atoms with Crippen LogP contribution in [0.3, 0.4) is 0 Å². The lowest BCUT2D eigenvalue weighted by molar-refractivity contribution is -0.0296. The predicted molar refractivity (Wildman–Crippen MR) is 94.2 cm³/mol.